The monoisotopic (exact) mass is 410 g/mol. The zero-order valence-corrected chi connectivity index (χ0v) is 16.9. The van der Waals surface area contributed by atoms with Gasteiger partial charge >= 0.3 is 5.97 Å². The molecule has 1 amide bonds. The predicted molar refractivity (Wildman–Crippen MR) is 103 cm³/mol. The SMILES string of the molecule is CC(OC(=O)CC1CCS(=O)(=O)C1)C(=O)N(C)Cc1nc2ccccc2s1. The summed E-state index contributed by atoms with van der Waals surface area (Å²) in [5.74, 6) is -0.940. The molecule has 0 spiro atoms. The minimum absolute atomic E-state index is 0.0158. The molecule has 2 heterocycles. The number of amides is 1. The molecule has 1 aromatic heterocycles. The van der Waals surface area contributed by atoms with E-state index in [0.29, 0.717) is 13.0 Å². The topological polar surface area (TPSA) is 93.6 Å². The second-order valence-electron chi connectivity index (χ2n) is 6.87. The summed E-state index contributed by atoms with van der Waals surface area (Å²) in [6.45, 7) is 1.86. The van der Waals surface area contributed by atoms with Crippen molar-refractivity contribution in [3.63, 3.8) is 0 Å². The first-order chi connectivity index (χ1) is 12.7. The van der Waals surface area contributed by atoms with Crippen LogP contribution in [0.25, 0.3) is 10.2 Å². The zero-order valence-electron chi connectivity index (χ0n) is 15.3. The van der Waals surface area contributed by atoms with Crippen LogP contribution in [0.1, 0.15) is 24.8 Å². The molecule has 1 aromatic carbocycles. The lowest BCUT2D eigenvalue weighted by atomic mass is 10.1. The standard InChI is InChI=1S/C18H22N2O5S2/c1-12(25-17(21)9-13-7-8-27(23,24)11-13)18(22)20(2)10-16-19-14-5-3-4-6-15(14)26-16/h3-6,12-13H,7-11H2,1-2H3. The molecule has 1 saturated heterocycles. The molecular weight excluding hydrogens is 388 g/mol. The van der Waals surface area contributed by atoms with Gasteiger partial charge < -0.3 is 9.64 Å². The number of thiazole rings is 1. The van der Waals surface area contributed by atoms with E-state index in [1.54, 1.807) is 7.05 Å². The highest BCUT2D eigenvalue weighted by Gasteiger charge is 2.31. The summed E-state index contributed by atoms with van der Waals surface area (Å²) in [4.78, 5) is 30.5. The number of likely N-dealkylation sites (N-methyl/N-ethyl adjacent to an activating group) is 1. The molecule has 3 rings (SSSR count). The molecule has 1 fully saturated rings. The number of aromatic nitrogens is 1. The van der Waals surface area contributed by atoms with Crippen LogP contribution < -0.4 is 0 Å². The summed E-state index contributed by atoms with van der Waals surface area (Å²) in [5.41, 5.74) is 0.893. The van der Waals surface area contributed by atoms with E-state index in [4.69, 9.17) is 4.74 Å². The third-order valence-corrected chi connectivity index (χ3v) is 7.38. The number of para-hydroxylation sites is 1. The number of hydrogen-bond donors (Lipinski definition) is 0. The third kappa shape index (κ3) is 5.04. The van der Waals surface area contributed by atoms with Gasteiger partial charge in [0.05, 0.1) is 28.3 Å². The van der Waals surface area contributed by atoms with Crippen LogP contribution in [0.15, 0.2) is 24.3 Å². The van der Waals surface area contributed by atoms with Gasteiger partial charge in [0, 0.05) is 13.5 Å². The number of benzene rings is 1. The van der Waals surface area contributed by atoms with Crippen molar-refractivity contribution in [1.82, 2.24) is 9.88 Å². The van der Waals surface area contributed by atoms with Crippen molar-refractivity contribution < 1.29 is 22.7 Å². The first kappa shape index (κ1) is 19.8. The molecule has 146 valence electrons. The van der Waals surface area contributed by atoms with E-state index in [2.05, 4.69) is 4.98 Å². The van der Waals surface area contributed by atoms with Crippen LogP contribution >= 0.6 is 11.3 Å². The highest BCUT2D eigenvalue weighted by atomic mass is 32.2. The molecule has 1 aliphatic heterocycles. The van der Waals surface area contributed by atoms with Crippen molar-refractivity contribution in [2.24, 2.45) is 5.92 Å². The second kappa shape index (κ2) is 7.93. The average Bonchev–Trinajstić information content (AvgIpc) is 3.15. The van der Waals surface area contributed by atoms with Crippen LogP contribution in [-0.4, -0.2) is 54.8 Å². The van der Waals surface area contributed by atoms with Gasteiger partial charge in [0.2, 0.25) is 0 Å². The van der Waals surface area contributed by atoms with Gasteiger partial charge in [0.15, 0.2) is 15.9 Å². The van der Waals surface area contributed by atoms with E-state index in [1.165, 1.54) is 23.2 Å². The molecule has 0 radical (unpaired) electrons. The number of carbonyl (C=O) groups excluding carboxylic acids is 2. The van der Waals surface area contributed by atoms with Crippen molar-refractivity contribution in [2.75, 3.05) is 18.6 Å². The minimum Gasteiger partial charge on any atom is -0.453 e. The van der Waals surface area contributed by atoms with Gasteiger partial charge in [-0.05, 0) is 31.4 Å². The first-order valence-electron chi connectivity index (χ1n) is 8.73. The molecule has 9 heteroatoms. The molecule has 0 saturated carbocycles. The Kier molecular flexibility index (Phi) is 5.81. The van der Waals surface area contributed by atoms with Gasteiger partial charge in [-0.2, -0.15) is 0 Å². The number of sulfone groups is 1. The number of esters is 1. The lowest BCUT2D eigenvalue weighted by Crippen LogP contribution is -2.37. The number of carbonyl (C=O) groups is 2. The fraction of sp³-hybridized carbons (Fsp3) is 0.500. The van der Waals surface area contributed by atoms with E-state index in [1.807, 2.05) is 24.3 Å². The van der Waals surface area contributed by atoms with Gasteiger partial charge in [0.1, 0.15) is 5.01 Å². The summed E-state index contributed by atoms with van der Waals surface area (Å²) in [6.07, 6.45) is -0.426. The Bertz CT molecular complexity index is 921. The third-order valence-electron chi connectivity index (χ3n) is 4.52. The van der Waals surface area contributed by atoms with E-state index in [9.17, 15) is 18.0 Å². The van der Waals surface area contributed by atoms with Crippen LogP contribution in [0.4, 0.5) is 0 Å². The van der Waals surface area contributed by atoms with Gasteiger partial charge in [0.25, 0.3) is 5.91 Å². The minimum atomic E-state index is -3.03. The van der Waals surface area contributed by atoms with Gasteiger partial charge in [-0.3, -0.25) is 9.59 Å². The van der Waals surface area contributed by atoms with Crippen molar-refractivity contribution in [3.8, 4) is 0 Å². The molecule has 7 nitrogen and oxygen atoms in total. The van der Waals surface area contributed by atoms with E-state index >= 15 is 0 Å². The van der Waals surface area contributed by atoms with Crippen LogP contribution in [0.3, 0.4) is 0 Å². The maximum Gasteiger partial charge on any atom is 0.306 e. The molecule has 2 unspecified atom stereocenters. The summed E-state index contributed by atoms with van der Waals surface area (Å²) in [7, 11) is -1.39. The molecule has 0 N–H and O–H groups in total. The smallest absolute Gasteiger partial charge is 0.306 e. The summed E-state index contributed by atoms with van der Waals surface area (Å²) in [5, 5.41) is 0.807. The Balaban J connectivity index is 1.52. The fourth-order valence-electron chi connectivity index (χ4n) is 3.14. The summed E-state index contributed by atoms with van der Waals surface area (Å²) < 4.78 is 29.2. The number of ether oxygens (including phenoxy) is 1. The Morgan fingerprint density at radius 3 is 2.78 bits per heavy atom. The second-order valence-corrected chi connectivity index (χ2v) is 10.2. The largest absolute Gasteiger partial charge is 0.453 e. The summed E-state index contributed by atoms with van der Waals surface area (Å²) >= 11 is 1.52. The van der Waals surface area contributed by atoms with Crippen LogP contribution in [0.2, 0.25) is 0 Å². The summed E-state index contributed by atoms with van der Waals surface area (Å²) in [6, 6.07) is 7.75. The van der Waals surface area contributed by atoms with Crippen molar-refractivity contribution in [1.29, 1.82) is 0 Å². The van der Waals surface area contributed by atoms with Gasteiger partial charge in [-0.25, -0.2) is 13.4 Å². The van der Waals surface area contributed by atoms with Crippen LogP contribution in [0, 0.1) is 5.92 Å². The lowest BCUT2D eigenvalue weighted by molar-refractivity contribution is -0.159. The van der Waals surface area contributed by atoms with Gasteiger partial charge in [-0.1, -0.05) is 12.1 Å². The molecule has 2 aromatic rings. The Morgan fingerprint density at radius 1 is 1.37 bits per heavy atom. The first-order valence-corrected chi connectivity index (χ1v) is 11.4. The van der Waals surface area contributed by atoms with Crippen LogP contribution in [-0.2, 0) is 30.7 Å². The van der Waals surface area contributed by atoms with Crippen molar-refractivity contribution in [3.05, 3.63) is 29.3 Å². The molecule has 0 bridgehead atoms. The maximum atomic E-state index is 12.5. The zero-order chi connectivity index (χ0) is 19.6. The maximum absolute atomic E-state index is 12.5. The Morgan fingerprint density at radius 2 is 2.11 bits per heavy atom. The molecule has 2 atom stereocenters. The predicted octanol–water partition coefficient (Wildman–Crippen LogP) is 2.01. The van der Waals surface area contributed by atoms with E-state index < -0.39 is 21.9 Å². The Labute approximate surface area is 162 Å². The average molecular weight is 411 g/mol. The Hall–Kier alpha value is -2.00. The van der Waals surface area contributed by atoms with Crippen molar-refractivity contribution >= 4 is 43.3 Å². The van der Waals surface area contributed by atoms with E-state index in [0.717, 1.165) is 15.2 Å². The lowest BCUT2D eigenvalue weighted by Gasteiger charge is -2.21. The van der Waals surface area contributed by atoms with E-state index in [-0.39, 0.29) is 29.8 Å². The number of rotatable bonds is 6. The highest BCUT2D eigenvalue weighted by molar-refractivity contribution is 7.91. The number of fused-ring (bicyclic) bond motifs is 1. The van der Waals surface area contributed by atoms with Crippen molar-refractivity contribution in [2.45, 2.75) is 32.4 Å². The quantitative estimate of drug-likeness (QED) is 0.676. The highest BCUT2D eigenvalue weighted by Crippen LogP contribution is 2.23. The normalized spacial score (nSPS) is 19.7. The number of hydrogen-bond acceptors (Lipinski definition) is 7. The number of nitrogens with zero attached hydrogens (tertiary/aromatic N) is 2. The van der Waals surface area contributed by atoms with Crippen LogP contribution in [0.5, 0.6) is 0 Å². The fourth-order valence-corrected chi connectivity index (χ4v) is 6.03. The van der Waals surface area contributed by atoms with Gasteiger partial charge in [-0.15, -0.1) is 11.3 Å². The molecule has 27 heavy (non-hydrogen) atoms. The molecule has 0 aliphatic carbocycles. The molecule has 1 aliphatic rings. The molecular formula is C18H22N2O5S2.